The molecule has 0 radical (unpaired) electrons. The van der Waals surface area contributed by atoms with E-state index in [0.29, 0.717) is 44.9 Å². The van der Waals surface area contributed by atoms with Crippen molar-refractivity contribution in [2.24, 2.45) is 0 Å². The maximum Gasteiger partial charge on any atom is 0.323 e. The second kappa shape index (κ2) is 10.0. The lowest BCUT2D eigenvalue weighted by Gasteiger charge is -2.14. The van der Waals surface area contributed by atoms with Crippen molar-refractivity contribution in [3.8, 4) is 23.0 Å². The molecule has 2 N–H and O–H groups in total. The zero-order chi connectivity index (χ0) is 25.1. The first-order valence-corrected chi connectivity index (χ1v) is 11.5. The average Bonchev–Trinajstić information content (AvgIpc) is 2.90. The summed E-state index contributed by atoms with van der Waals surface area (Å²) in [5.74, 6) is 2.22. The van der Waals surface area contributed by atoms with E-state index in [1.54, 1.807) is 50.7 Å². The van der Waals surface area contributed by atoms with Crippen LogP contribution < -0.4 is 24.8 Å². The number of carbonyl (C=O) groups is 1. The number of anilines is 2. The highest BCUT2D eigenvalue weighted by molar-refractivity contribution is 6.34. The molecule has 8 heteroatoms. The van der Waals surface area contributed by atoms with E-state index >= 15 is 0 Å². The van der Waals surface area contributed by atoms with Crippen LogP contribution in [-0.2, 0) is 0 Å². The minimum Gasteiger partial charge on any atom is -0.493 e. The van der Waals surface area contributed by atoms with Crippen LogP contribution in [0.1, 0.15) is 0 Å². The number of benzene rings is 4. The number of nitrogens with one attached hydrogen (secondary N) is 2. The molecule has 0 aliphatic heterocycles. The van der Waals surface area contributed by atoms with Crippen LogP contribution >= 0.6 is 11.6 Å². The quantitative estimate of drug-likeness (QED) is 0.253. The summed E-state index contributed by atoms with van der Waals surface area (Å²) in [5, 5.41) is 8.75. The zero-order valence-corrected chi connectivity index (χ0v) is 20.3. The van der Waals surface area contributed by atoms with Crippen molar-refractivity contribution in [2.75, 3.05) is 24.9 Å². The molecule has 5 aromatic rings. The molecule has 1 heterocycles. The molecular weight excluding hydrogens is 478 g/mol. The van der Waals surface area contributed by atoms with Crippen molar-refractivity contribution in [2.45, 2.75) is 0 Å². The van der Waals surface area contributed by atoms with Crippen molar-refractivity contribution in [3.63, 3.8) is 0 Å². The van der Waals surface area contributed by atoms with Crippen molar-refractivity contribution in [1.29, 1.82) is 0 Å². The maximum atomic E-state index is 12.7. The van der Waals surface area contributed by atoms with Gasteiger partial charge in [-0.2, -0.15) is 0 Å². The van der Waals surface area contributed by atoms with Crippen LogP contribution in [0.5, 0.6) is 23.0 Å². The summed E-state index contributed by atoms with van der Waals surface area (Å²) in [4.78, 5) is 17.1. The van der Waals surface area contributed by atoms with Gasteiger partial charge in [0.05, 0.1) is 36.1 Å². The van der Waals surface area contributed by atoms with Gasteiger partial charge in [-0.25, -0.2) is 4.79 Å². The fraction of sp³-hybridized carbons (Fsp3) is 0.0714. The monoisotopic (exact) mass is 499 g/mol. The first-order chi connectivity index (χ1) is 17.6. The smallest absolute Gasteiger partial charge is 0.323 e. The van der Waals surface area contributed by atoms with Crippen LogP contribution in [-0.4, -0.2) is 25.2 Å². The SMILES string of the molecule is COc1cc2nccc(Oc3ccc(NC(=O)Nc4cccc5ccccc45)c(Cl)c3)c2cc1OC. The van der Waals surface area contributed by atoms with E-state index in [4.69, 9.17) is 25.8 Å². The van der Waals surface area contributed by atoms with E-state index in [9.17, 15) is 4.79 Å². The van der Waals surface area contributed by atoms with Gasteiger partial charge in [-0.1, -0.05) is 48.0 Å². The topological polar surface area (TPSA) is 81.7 Å². The number of nitrogens with zero attached hydrogens (tertiary/aromatic N) is 1. The molecular formula is C28H22ClN3O4. The van der Waals surface area contributed by atoms with Crippen molar-refractivity contribution < 1.29 is 19.0 Å². The number of urea groups is 1. The van der Waals surface area contributed by atoms with Crippen LogP contribution in [0.25, 0.3) is 21.7 Å². The molecule has 180 valence electrons. The first-order valence-electron chi connectivity index (χ1n) is 11.1. The van der Waals surface area contributed by atoms with E-state index in [2.05, 4.69) is 15.6 Å². The summed E-state index contributed by atoms with van der Waals surface area (Å²) in [6, 6.07) is 23.6. The summed E-state index contributed by atoms with van der Waals surface area (Å²) in [6.45, 7) is 0. The number of carbonyl (C=O) groups excluding carboxylic acids is 1. The lowest BCUT2D eigenvalue weighted by Crippen LogP contribution is -2.19. The molecule has 0 aliphatic rings. The molecule has 7 nitrogen and oxygen atoms in total. The molecule has 36 heavy (non-hydrogen) atoms. The summed E-state index contributed by atoms with van der Waals surface area (Å²) in [6.07, 6.45) is 1.65. The summed E-state index contributed by atoms with van der Waals surface area (Å²) in [7, 11) is 3.15. The Hall–Kier alpha value is -4.49. The predicted molar refractivity (Wildman–Crippen MR) is 143 cm³/mol. The van der Waals surface area contributed by atoms with E-state index in [0.717, 1.165) is 16.2 Å². The number of hydrogen-bond acceptors (Lipinski definition) is 5. The summed E-state index contributed by atoms with van der Waals surface area (Å²) in [5.41, 5.74) is 1.85. The molecule has 0 aliphatic carbocycles. The second-order valence-corrected chi connectivity index (χ2v) is 8.29. The Morgan fingerprint density at radius 1 is 0.778 bits per heavy atom. The van der Waals surface area contributed by atoms with Crippen LogP contribution in [0.15, 0.2) is 85.1 Å². The van der Waals surface area contributed by atoms with E-state index in [1.807, 2.05) is 48.5 Å². The third kappa shape index (κ3) is 4.69. The molecule has 0 saturated heterocycles. The minimum absolute atomic E-state index is 0.332. The number of rotatable bonds is 6. The molecule has 0 saturated carbocycles. The Balaban J connectivity index is 1.34. The summed E-state index contributed by atoms with van der Waals surface area (Å²) < 4.78 is 16.9. The molecule has 2 amide bonds. The lowest BCUT2D eigenvalue weighted by molar-refractivity contribution is 0.262. The highest BCUT2D eigenvalue weighted by Gasteiger charge is 2.13. The molecule has 0 bridgehead atoms. The second-order valence-electron chi connectivity index (χ2n) is 7.88. The van der Waals surface area contributed by atoms with Gasteiger partial charge in [-0.15, -0.1) is 0 Å². The van der Waals surface area contributed by atoms with Crippen LogP contribution in [0.3, 0.4) is 0 Å². The molecule has 1 aromatic heterocycles. The lowest BCUT2D eigenvalue weighted by atomic mass is 10.1. The Kier molecular flexibility index (Phi) is 6.47. The number of pyridine rings is 1. The standard InChI is InChI=1S/C28H22ClN3O4/c1-34-26-15-20-24(16-27(26)35-2)30-13-12-25(20)36-18-10-11-23(21(29)14-18)32-28(33)31-22-9-5-7-17-6-3-4-8-19(17)22/h3-16H,1-2H3,(H2,31,32,33). The highest BCUT2D eigenvalue weighted by atomic mass is 35.5. The Labute approximate surface area is 212 Å². The van der Waals surface area contributed by atoms with Gasteiger partial charge in [0.25, 0.3) is 0 Å². The van der Waals surface area contributed by atoms with E-state index in [-0.39, 0.29) is 0 Å². The van der Waals surface area contributed by atoms with Gasteiger partial charge >= 0.3 is 6.03 Å². The zero-order valence-electron chi connectivity index (χ0n) is 19.5. The fourth-order valence-corrected chi connectivity index (χ4v) is 4.15. The molecule has 4 aromatic carbocycles. The molecule has 0 fully saturated rings. The van der Waals surface area contributed by atoms with Crippen molar-refractivity contribution in [3.05, 3.63) is 90.1 Å². The number of ether oxygens (including phenoxy) is 3. The van der Waals surface area contributed by atoms with Gasteiger partial charge in [0.15, 0.2) is 11.5 Å². The first kappa shape index (κ1) is 23.3. The van der Waals surface area contributed by atoms with Crippen LogP contribution in [0, 0.1) is 0 Å². The van der Waals surface area contributed by atoms with Gasteiger partial charge in [0.1, 0.15) is 11.5 Å². The van der Waals surface area contributed by atoms with Crippen LogP contribution in [0.2, 0.25) is 5.02 Å². The Bertz CT molecular complexity index is 1580. The molecule has 0 spiro atoms. The number of hydrogen-bond donors (Lipinski definition) is 2. The normalized spacial score (nSPS) is 10.8. The summed E-state index contributed by atoms with van der Waals surface area (Å²) >= 11 is 6.47. The van der Waals surface area contributed by atoms with E-state index < -0.39 is 6.03 Å². The van der Waals surface area contributed by atoms with Crippen LogP contribution in [0.4, 0.5) is 16.2 Å². The third-order valence-corrected chi connectivity index (χ3v) is 5.97. The van der Waals surface area contributed by atoms with Gasteiger partial charge in [0, 0.05) is 29.1 Å². The number of aromatic nitrogens is 1. The molecule has 5 rings (SSSR count). The molecule has 0 unspecified atom stereocenters. The van der Waals surface area contributed by atoms with Gasteiger partial charge in [0.2, 0.25) is 0 Å². The Morgan fingerprint density at radius 3 is 2.33 bits per heavy atom. The maximum absolute atomic E-state index is 12.7. The van der Waals surface area contributed by atoms with Gasteiger partial charge in [-0.05, 0) is 35.7 Å². The van der Waals surface area contributed by atoms with E-state index in [1.165, 1.54) is 0 Å². The minimum atomic E-state index is -0.400. The van der Waals surface area contributed by atoms with Gasteiger partial charge in [-0.3, -0.25) is 4.98 Å². The largest absolute Gasteiger partial charge is 0.493 e. The Morgan fingerprint density at radius 2 is 1.53 bits per heavy atom. The van der Waals surface area contributed by atoms with Crippen molar-refractivity contribution in [1.82, 2.24) is 4.98 Å². The predicted octanol–water partition coefficient (Wildman–Crippen LogP) is 7.49. The van der Waals surface area contributed by atoms with Crippen molar-refractivity contribution >= 4 is 50.7 Å². The molecule has 0 atom stereocenters. The highest BCUT2D eigenvalue weighted by Crippen LogP contribution is 2.38. The number of halogens is 1. The fourth-order valence-electron chi connectivity index (χ4n) is 3.93. The average molecular weight is 500 g/mol. The third-order valence-electron chi connectivity index (χ3n) is 5.66. The number of fused-ring (bicyclic) bond motifs is 2. The van der Waals surface area contributed by atoms with Gasteiger partial charge < -0.3 is 24.8 Å². The number of methoxy groups -OCH3 is 2. The number of amides is 2.